The van der Waals surface area contributed by atoms with Crippen molar-refractivity contribution in [2.45, 2.75) is 33.6 Å². The third kappa shape index (κ3) is 6.76. The van der Waals surface area contributed by atoms with E-state index in [2.05, 4.69) is 34.4 Å². The molecule has 0 radical (unpaired) electrons. The van der Waals surface area contributed by atoms with E-state index in [1.54, 1.807) is 7.05 Å². The number of nitrogens with one attached hydrogen (secondary N) is 2. The van der Waals surface area contributed by atoms with E-state index in [1.807, 2.05) is 6.92 Å². The minimum atomic E-state index is 0. The molecule has 2 N–H and O–H groups in total. The molecule has 2 unspecified atom stereocenters. The summed E-state index contributed by atoms with van der Waals surface area (Å²) in [6.45, 7) is 9.64. The quantitative estimate of drug-likeness (QED) is 0.432. The summed E-state index contributed by atoms with van der Waals surface area (Å²) in [5, 5.41) is 6.01. The summed E-state index contributed by atoms with van der Waals surface area (Å²) >= 11 is 0. The van der Waals surface area contributed by atoms with Gasteiger partial charge in [-0.2, -0.15) is 0 Å². The molecule has 1 fully saturated rings. The second kappa shape index (κ2) is 10.2. The Morgan fingerprint density at radius 1 is 1.25 bits per heavy atom. The molecular weight excluding hydrogens is 367 g/mol. The fraction of sp³-hybridized carbons (Fsp3) is 0.857. The number of rotatable bonds is 4. The number of amides is 1. The van der Waals surface area contributed by atoms with Gasteiger partial charge in [-0.1, -0.05) is 20.8 Å². The van der Waals surface area contributed by atoms with Crippen LogP contribution in [0.2, 0.25) is 0 Å². The van der Waals surface area contributed by atoms with Gasteiger partial charge in [0.15, 0.2) is 5.96 Å². The zero-order chi connectivity index (χ0) is 14.3. The van der Waals surface area contributed by atoms with Crippen molar-refractivity contribution in [3.63, 3.8) is 0 Å². The Kier molecular flexibility index (Phi) is 9.96. The first-order valence-electron chi connectivity index (χ1n) is 7.29. The fourth-order valence-corrected chi connectivity index (χ4v) is 2.65. The van der Waals surface area contributed by atoms with E-state index >= 15 is 0 Å². The number of piperidine rings is 1. The van der Waals surface area contributed by atoms with Crippen LogP contribution in [0.15, 0.2) is 4.99 Å². The van der Waals surface area contributed by atoms with Gasteiger partial charge in [-0.25, -0.2) is 0 Å². The van der Waals surface area contributed by atoms with Crippen LogP contribution in [0.3, 0.4) is 0 Å². The normalized spacial score (nSPS) is 23.0. The molecule has 0 aromatic rings. The van der Waals surface area contributed by atoms with Crippen LogP contribution in [0.25, 0.3) is 0 Å². The van der Waals surface area contributed by atoms with Crippen LogP contribution in [0.1, 0.15) is 33.6 Å². The second-order valence-corrected chi connectivity index (χ2v) is 5.60. The van der Waals surface area contributed by atoms with Crippen LogP contribution < -0.4 is 10.6 Å². The summed E-state index contributed by atoms with van der Waals surface area (Å²) in [5.41, 5.74) is 0. The maximum Gasteiger partial charge on any atom is 0.239 e. The molecule has 20 heavy (non-hydrogen) atoms. The van der Waals surface area contributed by atoms with Crippen molar-refractivity contribution in [2.75, 3.05) is 33.2 Å². The number of aliphatic imine (C=N–C) groups is 1. The maximum absolute atomic E-state index is 11.6. The van der Waals surface area contributed by atoms with Crippen molar-refractivity contribution in [2.24, 2.45) is 16.8 Å². The van der Waals surface area contributed by atoms with Gasteiger partial charge < -0.3 is 15.5 Å². The van der Waals surface area contributed by atoms with E-state index in [1.165, 1.54) is 6.42 Å². The van der Waals surface area contributed by atoms with Crippen molar-refractivity contribution >= 4 is 35.8 Å². The highest BCUT2D eigenvalue weighted by Gasteiger charge is 2.24. The van der Waals surface area contributed by atoms with E-state index in [9.17, 15) is 4.79 Å². The molecule has 5 nitrogen and oxygen atoms in total. The van der Waals surface area contributed by atoms with Crippen LogP contribution in [0, 0.1) is 11.8 Å². The predicted octanol–water partition coefficient (Wildman–Crippen LogP) is 1.68. The van der Waals surface area contributed by atoms with Gasteiger partial charge in [0.1, 0.15) is 0 Å². The first-order valence-corrected chi connectivity index (χ1v) is 7.29. The summed E-state index contributed by atoms with van der Waals surface area (Å²) in [6.07, 6.45) is 2.23. The zero-order valence-electron chi connectivity index (χ0n) is 13.1. The number of hydrogen-bond acceptors (Lipinski definition) is 2. The van der Waals surface area contributed by atoms with Crippen LogP contribution in [0.4, 0.5) is 0 Å². The summed E-state index contributed by atoms with van der Waals surface area (Å²) < 4.78 is 0. The lowest BCUT2D eigenvalue weighted by Crippen LogP contribution is -2.50. The van der Waals surface area contributed by atoms with Crippen molar-refractivity contribution < 1.29 is 4.79 Å². The van der Waals surface area contributed by atoms with Crippen LogP contribution >= 0.6 is 24.0 Å². The number of likely N-dealkylation sites (tertiary alicyclic amines) is 1. The lowest BCUT2D eigenvalue weighted by Gasteiger charge is -2.37. The Morgan fingerprint density at radius 2 is 1.85 bits per heavy atom. The maximum atomic E-state index is 11.6. The summed E-state index contributed by atoms with van der Waals surface area (Å²) in [7, 11) is 1.77. The van der Waals surface area contributed by atoms with Gasteiger partial charge in [0, 0.05) is 26.7 Å². The van der Waals surface area contributed by atoms with Crippen LogP contribution in [-0.2, 0) is 4.79 Å². The van der Waals surface area contributed by atoms with E-state index < -0.39 is 0 Å². The summed E-state index contributed by atoms with van der Waals surface area (Å²) in [5.74, 6) is 2.22. The first kappa shape index (κ1) is 19.5. The van der Waals surface area contributed by atoms with Crippen LogP contribution in [0.5, 0.6) is 0 Å². The van der Waals surface area contributed by atoms with Gasteiger partial charge >= 0.3 is 0 Å². The Balaban J connectivity index is 0.00000361. The predicted molar refractivity (Wildman–Crippen MR) is 94.6 cm³/mol. The van der Waals surface area contributed by atoms with Gasteiger partial charge in [0.2, 0.25) is 5.91 Å². The van der Waals surface area contributed by atoms with Gasteiger partial charge in [-0.15, -0.1) is 24.0 Å². The molecule has 0 spiro atoms. The van der Waals surface area contributed by atoms with Gasteiger partial charge in [0.25, 0.3) is 0 Å². The van der Waals surface area contributed by atoms with Crippen molar-refractivity contribution in [3.05, 3.63) is 0 Å². The highest BCUT2D eigenvalue weighted by atomic mass is 127. The van der Waals surface area contributed by atoms with E-state index in [0.717, 1.165) is 32.0 Å². The molecule has 1 rings (SSSR count). The van der Waals surface area contributed by atoms with E-state index in [4.69, 9.17) is 0 Å². The van der Waals surface area contributed by atoms with E-state index in [-0.39, 0.29) is 29.9 Å². The van der Waals surface area contributed by atoms with Gasteiger partial charge in [-0.3, -0.25) is 9.79 Å². The lowest BCUT2D eigenvalue weighted by atomic mass is 9.92. The number of guanidine groups is 1. The van der Waals surface area contributed by atoms with Crippen molar-refractivity contribution in [1.29, 1.82) is 0 Å². The molecule has 1 aliphatic heterocycles. The number of nitrogens with zero attached hydrogens (tertiary/aromatic N) is 2. The van der Waals surface area contributed by atoms with Crippen LogP contribution in [-0.4, -0.2) is 50.0 Å². The molecule has 0 bridgehead atoms. The van der Waals surface area contributed by atoms with Crippen molar-refractivity contribution in [1.82, 2.24) is 15.5 Å². The smallest absolute Gasteiger partial charge is 0.239 e. The zero-order valence-corrected chi connectivity index (χ0v) is 15.4. The highest BCUT2D eigenvalue weighted by molar-refractivity contribution is 14.0. The largest absolute Gasteiger partial charge is 0.355 e. The third-order valence-electron chi connectivity index (χ3n) is 3.36. The number of hydrogen-bond donors (Lipinski definition) is 2. The molecule has 1 amide bonds. The third-order valence-corrected chi connectivity index (χ3v) is 3.36. The number of carbonyl (C=O) groups excluding carboxylic acids is 1. The van der Waals surface area contributed by atoms with Crippen molar-refractivity contribution in [3.8, 4) is 0 Å². The molecule has 2 atom stereocenters. The Morgan fingerprint density at radius 3 is 2.35 bits per heavy atom. The average Bonchev–Trinajstić information content (AvgIpc) is 2.36. The standard InChI is InChI=1S/C14H28N4O.HI/c1-5-6-16-13(19)8-17-14(15-4)18-9-11(2)7-12(3)10-18;/h11-12H,5-10H2,1-4H3,(H,15,17)(H,16,19);1H. The molecule has 0 aliphatic carbocycles. The summed E-state index contributed by atoms with van der Waals surface area (Å²) in [6, 6.07) is 0. The Bertz CT molecular complexity index is 312. The highest BCUT2D eigenvalue weighted by Crippen LogP contribution is 2.20. The van der Waals surface area contributed by atoms with E-state index in [0.29, 0.717) is 18.4 Å². The molecule has 6 heteroatoms. The Hall–Kier alpha value is -0.530. The SMILES string of the molecule is CCCNC(=O)CNC(=NC)N1CC(C)CC(C)C1.I. The molecule has 0 saturated carbocycles. The molecular formula is C14H29IN4O. The Labute approximate surface area is 140 Å². The molecule has 1 saturated heterocycles. The number of carbonyl (C=O) groups is 1. The lowest BCUT2D eigenvalue weighted by molar-refractivity contribution is -0.120. The van der Waals surface area contributed by atoms with Gasteiger partial charge in [-0.05, 0) is 24.7 Å². The fourth-order valence-electron chi connectivity index (χ4n) is 2.65. The molecule has 0 aromatic carbocycles. The molecule has 1 aliphatic rings. The topological polar surface area (TPSA) is 56.7 Å². The van der Waals surface area contributed by atoms with Gasteiger partial charge in [0.05, 0.1) is 6.54 Å². The monoisotopic (exact) mass is 396 g/mol. The average molecular weight is 396 g/mol. The second-order valence-electron chi connectivity index (χ2n) is 5.60. The molecule has 1 heterocycles. The first-order chi connectivity index (χ1) is 9.06. The summed E-state index contributed by atoms with van der Waals surface area (Å²) in [4.78, 5) is 18.1. The minimum Gasteiger partial charge on any atom is -0.355 e. The molecule has 118 valence electrons. The number of halogens is 1. The minimum absolute atomic E-state index is 0. The molecule has 0 aromatic heterocycles.